The van der Waals surface area contributed by atoms with Crippen molar-refractivity contribution in [1.29, 1.82) is 0 Å². The Hall–Kier alpha value is -1.46. The van der Waals surface area contributed by atoms with Crippen molar-refractivity contribution in [3.05, 3.63) is 22.2 Å². The Morgan fingerprint density at radius 3 is 2.52 bits per heavy atom. The fourth-order valence-corrected chi connectivity index (χ4v) is 3.79. The summed E-state index contributed by atoms with van der Waals surface area (Å²) in [6.45, 7) is 2.80. The van der Waals surface area contributed by atoms with Crippen molar-refractivity contribution < 1.29 is 19.4 Å². The van der Waals surface area contributed by atoms with Gasteiger partial charge in [0.1, 0.15) is 0 Å². The van der Waals surface area contributed by atoms with Crippen molar-refractivity contribution in [1.82, 2.24) is 4.90 Å². The Bertz CT molecular complexity index is 636. The molecule has 1 aliphatic heterocycles. The maximum absolute atomic E-state index is 11.3. The van der Waals surface area contributed by atoms with E-state index in [1.807, 2.05) is 0 Å². The Labute approximate surface area is 141 Å². The SMILES string of the molecule is Cc1c(C(=O)O)cc(Cl)c2c1OC1(CCC(CN(C)C)CC1)O2. The monoisotopic (exact) mass is 339 g/mol. The number of hydrogen-bond donors (Lipinski definition) is 1. The van der Waals surface area contributed by atoms with Gasteiger partial charge in [0.2, 0.25) is 0 Å². The number of halogens is 1. The molecule has 5 nitrogen and oxygen atoms in total. The summed E-state index contributed by atoms with van der Waals surface area (Å²) >= 11 is 6.22. The van der Waals surface area contributed by atoms with E-state index in [0.29, 0.717) is 28.0 Å². The number of rotatable bonds is 3. The van der Waals surface area contributed by atoms with Crippen LogP contribution in [0.25, 0.3) is 0 Å². The van der Waals surface area contributed by atoms with Gasteiger partial charge in [-0.15, -0.1) is 0 Å². The Kier molecular flexibility index (Phi) is 4.19. The molecule has 126 valence electrons. The van der Waals surface area contributed by atoms with Crippen LogP contribution in [0.3, 0.4) is 0 Å². The molecule has 1 N–H and O–H groups in total. The molecule has 1 aliphatic carbocycles. The molecule has 0 unspecified atom stereocenters. The summed E-state index contributed by atoms with van der Waals surface area (Å²) < 4.78 is 12.2. The van der Waals surface area contributed by atoms with Gasteiger partial charge in [-0.2, -0.15) is 0 Å². The van der Waals surface area contributed by atoms with Crippen molar-refractivity contribution in [2.24, 2.45) is 5.92 Å². The molecular weight excluding hydrogens is 318 g/mol. The van der Waals surface area contributed by atoms with Gasteiger partial charge < -0.3 is 19.5 Å². The fraction of sp³-hybridized carbons (Fsp3) is 0.588. The minimum atomic E-state index is -1.01. The van der Waals surface area contributed by atoms with Crippen molar-refractivity contribution in [2.75, 3.05) is 20.6 Å². The number of aromatic carboxylic acids is 1. The first-order valence-corrected chi connectivity index (χ1v) is 8.28. The zero-order chi connectivity index (χ0) is 16.8. The number of nitrogens with zero attached hydrogens (tertiary/aromatic N) is 1. The molecule has 0 atom stereocenters. The summed E-state index contributed by atoms with van der Waals surface area (Å²) in [5.74, 6) is -0.0817. The minimum absolute atomic E-state index is 0.163. The van der Waals surface area contributed by atoms with Gasteiger partial charge in [0, 0.05) is 24.9 Å². The largest absolute Gasteiger partial charge is 0.478 e. The van der Waals surface area contributed by atoms with E-state index in [0.717, 1.165) is 32.2 Å². The molecule has 1 aromatic carbocycles. The highest BCUT2D eigenvalue weighted by atomic mass is 35.5. The van der Waals surface area contributed by atoms with E-state index in [4.69, 9.17) is 21.1 Å². The highest BCUT2D eigenvalue weighted by Gasteiger charge is 2.46. The van der Waals surface area contributed by atoms with Crippen LogP contribution < -0.4 is 9.47 Å². The van der Waals surface area contributed by atoms with E-state index in [-0.39, 0.29) is 5.56 Å². The lowest BCUT2D eigenvalue weighted by molar-refractivity contribution is -0.114. The molecule has 1 spiro atoms. The van der Waals surface area contributed by atoms with Gasteiger partial charge in [0.15, 0.2) is 11.5 Å². The van der Waals surface area contributed by atoms with E-state index < -0.39 is 11.8 Å². The van der Waals surface area contributed by atoms with Crippen LogP contribution in [0.4, 0.5) is 0 Å². The zero-order valence-electron chi connectivity index (χ0n) is 13.7. The van der Waals surface area contributed by atoms with Crippen LogP contribution in [0.5, 0.6) is 11.5 Å². The van der Waals surface area contributed by atoms with E-state index in [1.165, 1.54) is 6.07 Å². The average molecular weight is 340 g/mol. The van der Waals surface area contributed by atoms with Crippen LogP contribution in [-0.4, -0.2) is 42.4 Å². The smallest absolute Gasteiger partial charge is 0.336 e. The molecule has 1 heterocycles. The third-order valence-electron chi connectivity index (χ3n) is 4.74. The average Bonchev–Trinajstić information content (AvgIpc) is 2.85. The number of fused-ring (bicyclic) bond motifs is 1. The number of carboxylic acid groups (broad SMARTS) is 1. The zero-order valence-corrected chi connectivity index (χ0v) is 14.4. The van der Waals surface area contributed by atoms with Gasteiger partial charge in [-0.25, -0.2) is 4.79 Å². The molecule has 2 aliphatic rings. The number of carbonyl (C=O) groups is 1. The molecule has 0 amide bonds. The third-order valence-corrected chi connectivity index (χ3v) is 5.02. The van der Waals surface area contributed by atoms with Gasteiger partial charge in [-0.3, -0.25) is 0 Å². The van der Waals surface area contributed by atoms with Gasteiger partial charge in [-0.05, 0) is 45.8 Å². The topological polar surface area (TPSA) is 59.0 Å². The van der Waals surface area contributed by atoms with Crippen LogP contribution in [0.1, 0.15) is 41.6 Å². The second-order valence-electron chi connectivity index (χ2n) is 6.81. The van der Waals surface area contributed by atoms with Crippen molar-refractivity contribution in [3.8, 4) is 11.5 Å². The molecule has 0 saturated heterocycles. The minimum Gasteiger partial charge on any atom is -0.478 e. The Morgan fingerprint density at radius 1 is 1.35 bits per heavy atom. The Balaban J connectivity index is 1.81. The first-order chi connectivity index (χ1) is 10.8. The third kappa shape index (κ3) is 3.00. The predicted molar refractivity (Wildman–Crippen MR) is 87.6 cm³/mol. The summed E-state index contributed by atoms with van der Waals surface area (Å²) in [5.41, 5.74) is 0.736. The maximum Gasteiger partial charge on any atom is 0.336 e. The molecule has 1 saturated carbocycles. The molecule has 0 bridgehead atoms. The summed E-state index contributed by atoms with van der Waals surface area (Å²) in [5, 5.41) is 9.58. The second kappa shape index (κ2) is 5.87. The van der Waals surface area contributed by atoms with E-state index >= 15 is 0 Å². The lowest BCUT2D eigenvalue weighted by Gasteiger charge is -2.36. The molecule has 1 aromatic rings. The molecule has 23 heavy (non-hydrogen) atoms. The normalized spacial score (nSPS) is 26.0. The first-order valence-electron chi connectivity index (χ1n) is 7.90. The standard InChI is InChI=1S/C17H22ClNO4/c1-10-12(16(20)21)8-13(18)15-14(10)22-17(23-15)6-4-11(5-7-17)9-19(2)3/h8,11H,4-7,9H2,1-3H3,(H,20,21). The molecular formula is C17H22ClNO4. The van der Waals surface area contributed by atoms with Crippen LogP contribution in [-0.2, 0) is 0 Å². The molecule has 0 radical (unpaired) electrons. The molecule has 0 aromatic heterocycles. The van der Waals surface area contributed by atoms with Gasteiger partial charge in [-0.1, -0.05) is 11.6 Å². The summed E-state index contributed by atoms with van der Waals surface area (Å²) in [6, 6.07) is 1.44. The lowest BCUT2D eigenvalue weighted by atomic mass is 9.85. The summed E-state index contributed by atoms with van der Waals surface area (Å²) in [4.78, 5) is 13.5. The van der Waals surface area contributed by atoms with Gasteiger partial charge >= 0.3 is 5.97 Å². The van der Waals surface area contributed by atoms with Crippen LogP contribution in [0, 0.1) is 12.8 Å². The van der Waals surface area contributed by atoms with Crippen LogP contribution in [0.2, 0.25) is 5.02 Å². The highest BCUT2D eigenvalue weighted by molar-refractivity contribution is 6.32. The second-order valence-corrected chi connectivity index (χ2v) is 7.22. The lowest BCUT2D eigenvalue weighted by Crippen LogP contribution is -2.43. The van der Waals surface area contributed by atoms with Crippen molar-refractivity contribution in [3.63, 3.8) is 0 Å². The van der Waals surface area contributed by atoms with Gasteiger partial charge in [0.05, 0.1) is 10.6 Å². The summed E-state index contributed by atoms with van der Waals surface area (Å²) in [7, 11) is 4.17. The van der Waals surface area contributed by atoms with Crippen molar-refractivity contribution in [2.45, 2.75) is 38.4 Å². The predicted octanol–water partition coefficient (Wildman–Crippen LogP) is 3.57. The fourth-order valence-electron chi connectivity index (χ4n) is 3.56. The maximum atomic E-state index is 11.3. The van der Waals surface area contributed by atoms with E-state index in [9.17, 15) is 9.90 Å². The number of hydrogen-bond acceptors (Lipinski definition) is 4. The van der Waals surface area contributed by atoms with Gasteiger partial charge in [0.25, 0.3) is 5.79 Å². The number of benzene rings is 1. The highest BCUT2D eigenvalue weighted by Crippen LogP contribution is 2.52. The van der Waals surface area contributed by atoms with Crippen LogP contribution in [0.15, 0.2) is 6.07 Å². The van der Waals surface area contributed by atoms with Crippen LogP contribution >= 0.6 is 11.6 Å². The van der Waals surface area contributed by atoms with E-state index in [2.05, 4.69) is 19.0 Å². The number of ether oxygens (including phenoxy) is 2. The first kappa shape index (κ1) is 16.4. The molecule has 6 heteroatoms. The molecule has 1 fully saturated rings. The molecule has 3 rings (SSSR count). The summed E-state index contributed by atoms with van der Waals surface area (Å²) in [6.07, 6.45) is 3.62. The Morgan fingerprint density at radius 2 is 1.96 bits per heavy atom. The van der Waals surface area contributed by atoms with Crippen molar-refractivity contribution >= 4 is 17.6 Å². The quantitative estimate of drug-likeness (QED) is 0.912. The number of carboxylic acids is 1. The van der Waals surface area contributed by atoms with E-state index in [1.54, 1.807) is 6.92 Å².